The minimum Gasteiger partial charge on any atom is -0.496 e. The Labute approximate surface area is 119 Å². The molecule has 0 bridgehead atoms. The number of carbonyl (C=O) groups is 1. The van der Waals surface area contributed by atoms with Gasteiger partial charge in [0.2, 0.25) is 0 Å². The van der Waals surface area contributed by atoms with Crippen LogP contribution >= 0.6 is 15.9 Å². The van der Waals surface area contributed by atoms with Gasteiger partial charge in [-0.2, -0.15) is 0 Å². The van der Waals surface area contributed by atoms with Gasteiger partial charge in [-0.05, 0) is 34.1 Å². The lowest BCUT2D eigenvalue weighted by Gasteiger charge is -2.07. The number of carbonyl (C=O) groups excluding carboxylic acids is 1. The van der Waals surface area contributed by atoms with Crippen LogP contribution in [-0.4, -0.2) is 22.6 Å². The number of methoxy groups -OCH3 is 1. The molecular weight excluding hydrogens is 310 g/mol. The fraction of sp³-hybridized carbons (Fsp3) is 0.231. The van der Waals surface area contributed by atoms with Crippen LogP contribution in [0.15, 0.2) is 35.1 Å². The molecule has 1 aromatic heterocycles. The fourth-order valence-electron chi connectivity index (χ4n) is 1.64. The molecule has 2 rings (SSSR count). The van der Waals surface area contributed by atoms with E-state index in [1.165, 1.54) is 0 Å². The summed E-state index contributed by atoms with van der Waals surface area (Å²) in [7, 11) is 3.47. The summed E-state index contributed by atoms with van der Waals surface area (Å²) < 4.78 is 7.74. The highest BCUT2D eigenvalue weighted by molar-refractivity contribution is 9.10. The summed E-state index contributed by atoms with van der Waals surface area (Å²) in [4.78, 5) is 16.1. The van der Waals surface area contributed by atoms with Crippen molar-refractivity contribution in [2.24, 2.45) is 7.05 Å². The maximum atomic E-state index is 12.0. The van der Waals surface area contributed by atoms with Crippen LogP contribution in [0.1, 0.15) is 16.2 Å². The van der Waals surface area contributed by atoms with Gasteiger partial charge in [-0.15, -0.1) is 0 Å². The third kappa shape index (κ3) is 3.14. The summed E-state index contributed by atoms with van der Waals surface area (Å²) >= 11 is 3.36. The van der Waals surface area contributed by atoms with Crippen molar-refractivity contribution in [1.82, 2.24) is 14.9 Å². The second kappa shape index (κ2) is 5.88. The van der Waals surface area contributed by atoms with E-state index < -0.39 is 0 Å². The predicted molar refractivity (Wildman–Crippen MR) is 75.1 cm³/mol. The summed E-state index contributed by atoms with van der Waals surface area (Å²) in [5.74, 6) is 1.35. The lowest BCUT2D eigenvalue weighted by molar-refractivity contribution is 0.0949. The van der Waals surface area contributed by atoms with Crippen molar-refractivity contribution in [3.63, 3.8) is 0 Å². The molecule has 0 radical (unpaired) electrons. The predicted octanol–water partition coefficient (Wildman–Crippen LogP) is 2.12. The van der Waals surface area contributed by atoms with E-state index in [2.05, 4.69) is 26.2 Å². The summed E-state index contributed by atoms with van der Waals surface area (Å²) in [5, 5.41) is 2.82. The van der Waals surface area contributed by atoms with Crippen molar-refractivity contribution in [1.29, 1.82) is 0 Å². The quantitative estimate of drug-likeness (QED) is 0.937. The van der Waals surface area contributed by atoms with E-state index in [0.717, 1.165) is 10.3 Å². The molecule has 0 fully saturated rings. The lowest BCUT2D eigenvalue weighted by atomic mass is 10.2. The molecule has 2 aromatic rings. The van der Waals surface area contributed by atoms with Gasteiger partial charge in [-0.1, -0.05) is 0 Å². The normalized spacial score (nSPS) is 10.3. The zero-order valence-electron chi connectivity index (χ0n) is 10.7. The van der Waals surface area contributed by atoms with Gasteiger partial charge in [-0.25, -0.2) is 4.98 Å². The molecule has 0 spiro atoms. The van der Waals surface area contributed by atoms with Gasteiger partial charge in [0.1, 0.15) is 11.6 Å². The zero-order valence-corrected chi connectivity index (χ0v) is 12.3. The molecule has 0 atom stereocenters. The van der Waals surface area contributed by atoms with Gasteiger partial charge in [-0.3, -0.25) is 4.79 Å². The summed E-state index contributed by atoms with van der Waals surface area (Å²) in [6.45, 7) is 0.395. The Morgan fingerprint density at radius 1 is 1.53 bits per heavy atom. The second-order valence-electron chi connectivity index (χ2n) is 3.99. The average Bonchev–Trinajstić information content (AvgIpc) is 2.81. The number of ether oxygens (including phenoxy) is 1. The number of aromatic nitrogens is 2. The van der Waals surface area contributed by atoms with Gasteiger partial charge in [0.25, 0.3) is 5.91 Å². The first-order valence-corrected chi connectivity index (χ1v) is 6.49. The molecule has 1 heterocycles. The van der Waals surface area contributed by atoms with Crippen molar-refractivity contribution in [2.75, 3.05) is 7.11 Å². The Kier molecular flexibility index (Phi) is 4.21. The Balaban J connectivity index is 2.04. The minimum absolute atomic E-state index is 0.147. The lowest BCUT2D eigenvalue weighted by Crippen LogP contribution is -2.24. The van der Waals surface area contributed by atoms with E-state index in [0.29, 0.717) is 17.9 Å². The van der Waals surface area contributed by atoms with E-state index in [1.54, 1.807) is 31.5 Å². The number of hydrogen-bond donors (Lipinski definition) is 1. The molecule has 0 aliphatic rings. The van der Waals surface area contributed by atoms with Gasteiger partial charge in [0.15, 0.2) is 0 Å². The molecular formula is C13H14BrN3O2. The van der Waals surface area contributed by atoms with E-state index in [9.17, 15) is 4.79 Å². The molecule has 6 heteroatoms. The highest BCUT2D eigenvalue weighted by Gasteiger charge is 2.09. The van der Waals surface area contributed by atoms with E-state index in [-0.39, 0.29) is 5.91 Å². The first kappa shape index (κ1) is 13.6. The number of rotatable bonds is 4. The number of halogens is 1. The minimum atomic E-state index is -0.147. The van der Waals surface area contributed by atoms with E-state index in [4.69, 9.17) is 4.74 Å². The Morgan fingerprint density at radius 3 is 2.89 bits per heavy atom. The molecule has 0 saturated heterocycles. The number of hydrogen-bond acceptors (Lipinski definition) is 3. The zero-order chi connectivity index (χ0) is 13.8. The molecule has 100 valence electrons. The number of imidazole rings is 1. The molecule has 0 saturated carbocycles. The van der Waals surface area contributed by atoms with Crippen molar-refractivity contribution >= 4 is 21.8 Å². The van der Waals surface area contributed by atoms with Gasteiger partial charge in [0, 0.05) is 25.0 Å². The fourth-order valence-corrected chi connectivity index (χ4v) is 2.18. The largest absolute Gasteiger partial charge is 0.496 e. The monoisotopic (exact) mass is 323 g/mol. The topological polar surface area (TPSA) is 56.1 Å². The average molecular weight is 324 g/mol. The highest BCUT2D eigenvalue weighted by atomic mass is 79.9. The third-order valence-corrected chi connectivity index (χ3v) is 3.36. The van der Waals surface area contributed by atoms with Crippen LogP contribution in [0.3, 0.4) is 0 Å². The summed E-state index contributed by atoms with van der Waals surface area (Å²) in [6, 6.07) is 5.20. The Hall–Kier alpha value is -1.82. The summed E-state index contributed by atoms with van der Waals surface area (Å²) in [6.07, 6.45) is 3.54. The van der Waals surface area contributed by atoms with E-state index in [1.807, 2.05) is 17.8 Å². The van der Waals surface area contributed by atoms with Crippen molar-refractivity contribution in [3.05, 3.63) is 46.5 Å². The maximum absolute atomic E-state index is 12.0. The molecule has 1 N–H and O–H groups in total. The molecule has 1 amide bonds. The smallest absolute Gasteiger partial charge is 0.251 e. The number of aryl methyl sites for hydroxylation is 1. The van der Waals surface area contributed by atoms with Gasteiger partial charge >= 0.3 is 0 Å². The Bertz CT molecular complexity index is 595. The van der Waals surface area contributed by atoms with Crippen LogP contribution in [-0.2, 0) is 13.6 Å². The second-order valence-corrected chi connectivity index (χ2v) is 4.84. The first-order valence-electron chi connectivity index (χ1n) is 5.69. The molecule has 19 heavy (non-hydrogen) atoms. The molecule has 0 unspecified atom stereocenters. The first-order chi connectivity index (χ1) is 9.11. The highest BCUT2D eigenvalue weighted by Crippen LogP contribution is 2.25. The van der Waals surface area contributed by atoms with Crippen LogP contribution in [0.2, 0.25) is 0 Å². The number of nitrogens with zero attached hydrogens (tertiary/aromatic N) is 2. The number of benzene rings is 1. The maximum Gasteiger partial charge on any atom is 0.251 e. The van der Waals surface area contributed by atoms with Crippen LogP contribution < -0.4 is 10.1 Å². The van der Waals surface area contributed by atoms with Gasteiger partial charge < -0.3 is 14.6 Å². The molecule has 1 aromatic carbocycles. The molecule has 5 nitrogen and oxygen atoms in total. The van der Waals surface area contributed by atoms with Crippen LogP contribution in [0, 0.1) is 0 Å². The van der Waals surface area contributed by atoms with Gasteiger partial charge in [0.05, 0.1) is 18.1 Å². The third-order valence-electron chi connectivity index (χ3n) is 2.74. The molecule has 0 aliphatic heterocycles. The Morgan fingerprint density at radius 2 is 2.32 bits per heavy atom. The van der Waals surface area contributed by atoms with Crippen LogP contribution in [0.4, 0.5) is 0 Å². The number of nitrogens with one attached hydrogen (secondary N) is 1. The van der Waals surface area contributed by atoms with Crippen molar-refractivity contribution in [2.45, 2.75) is 6.54 Å². The standard InChI is InChI=1S/C13H14BrN3O2/c1-17-6-5-15-12(17)8-16-13(18)9-3-4-11(19-2)10(14)7-9/h3-7H,8H2,1-2H3,(H,16,18). The van der Waals surface area contributed by atoms with Crippen molar-refractivity contribution < 1.29 is 9.53 Å². The van der Waals surface area contributed by atoms with E-state index >= 15 is 0 Å². The summed E-state index contributed by atoms with van der Waals surface area (Å²) in [5.41, 5.74) is 0.571. The SMILES string of the molecule is COc1ccc(C(=O)NCc2nccn2C)cc1Br. The van der Waals surface area contributed by atoms with Crippen molar-refractivity contribution in [3.8, 4) is 5.75 Å². The number of amides is 1. The van der Waals surface area contributed by atoms with Crippen LogP contribution in [0.5, 0.6) is 5.75 Å². The molecule has 0 aliphatic carbocycles. The van der Waals surface area contributed by atoms with Crippen LogP contribution in [0.25, 0.3) is 0 Å².